The summed E-state index contributed by atoms with van der Waals surface area (Å²) in [5.74, 6) is -1.04. The van der Waals surface area contributed by atoms with Crippen molar-refractivity contribution < 1.29 is 22.3 Å². The largest absolute Gasteiger partial charge is 0.453 e. The van der Waals surface area contributed by atoms with Crippen LogP contribution >= 0.6 is 0 Å². The minimum Gasteiger partial charge on any atom is -0.453 e. The number of rotatable bonds is 5. The lowest BCUT2D eigenvalue weighted by atomic mass is 10.2. The van der Waals surface area contributed by atoms with Gasteiger partial charge in [0.05, 0.1) is 12.5 Å². The number of benzene rings is 1. The van der Waals surface area contributed by atoms with Crippen LogP contribution in [0.5, 0.6) is 11.5 Å². The molecule has 0 aliphatic rings. The average molecular weight is 336 g/mol. The highest BCUT2D eigenvalue weighted by molar-refractivity contribution is 7.89. The van der Waals surface area contributed by atoms with Crippen LogP contribution in [-0.2, 0) is 14.8 Å². The van der Waals surface area contributed by atoms with E-state index in [4.69, 9.17) is 4.74 Å². The van der Waals surface area contributed by atoms with Gasteiger partial charge in [0, 0.05) is 12.3 Å². The number of hydrogen-bond donors (Lipinski definition) is 1. The summed E-state index contributed by atoms with van der Waals surface area (Å²) < 4.78 is 42.8. The highest BCUT2D eigenvalue weighted by Gasteiger charge is 2.07. The highest BCUT2D eigenvalue weighted by Crippen LogP contribution is 2.24. The van der Waals surface area contributed by atoms with Gasteiger partial charge in [-0.25, -0.2) is 17.5 Å². The second-order valence-electron chi connectivity index (χ2n) is 4.55. The van der Waals surface area contributed by atoms with Crippen LogP contribution in [0.25, 0.3) is 6.08 Å². The minimum absolute atomic E-state index is 0.00994. The quantitative estimate of drug-likeness (QED) is 0.845. The lowest BCUT2D eigenvalue weighted by Crippen LogP contribution is -2.27. The van der Waals surface area contributed by atoms with Crippen molar-refractivity contribution in [2.75, 3.05) is 6.26 Å². The molecular formula is C15H13FN2O4S. The number of amides is 1. The Morgan fingerprint density at radius 1 is 1.35 bits per heavy atom. The number of sulfonamides is 1. The third-order valence-corrected chi connectivity index (χ3v) is 3.10. The first-order chi connectivity index (χ1) is 10.8. The van der Waals surface area contributed by atoms with Gasteiger partial charge in [0.25, 0.3) is 5.91 Å². The van der Waals surface area contributed by atoms with Gasteiger partial charge in [-0.15, -0.1) is 0 Å². The Hall–Kier alpha value is -2.74. The Kier molecular flexibility index (Phi) is 5.07. The van der Waals surface area contributed by atoms with E-state index < -0.39 is 21.7 Å². The maximum atomic E-state index is 14.0. The standard InChI is InChI=1S/C15H13FN2O4S/c1-23(20,21)18-15(19)7-5-11-4-6-14(13(16)9-11)22-12-3-2-8-17-10-12/h2-10H,1H3,(H,18,19). The summed E-state index contributed by atoms with van der Waals surface area (Å²) in [4.78, 5) is 15.2. The third kappa shape index (κ3) is 5.51. The number of halogens is 1. The molecule has 1 amide bonds. The predicted octanol–water partition coefficient (Wildman–Crippen LogP) is 2.10. The summed E-state index contributed by atoms with van der Waals surface area (Å²) in [7, 11) is -3.63. The first kappa shape index (κ1) is 16.6. The van der Waals surface area contributed by atoms with Crippen LogP contribution < -0.4 is 9.46 Å². The fourth-order valence-electron chi connectivity index (χ4n) is 1.63. The molecule has 2 rings (SSSR count). The molecule has 120 valence electrons. The summed E-state index contributed by atoms with van der Waals surface area (Å²) in [5.41, 5.74) is 0.379. The van der Waals surface area contributed by atoms with E-state index in [1.54, 1.807) is 23.1 Å². The van der Waals surface area contributed by atoms with E-state index in [1.165, 1.54) is 24.4 Å². The molecule has 6 nitrogen and oxygen atoms in total. The first-order valence-electron chi connectivity index (χ1n) is 6.41. The van der Waals surface area contributed by atoms with Crippen molar-refractivity contribution in [2.45, 2.75) is 0 Å². The zero-order chi connectivity index (χ0) is 16.9. The molecule has 0 fully saturated rings. The maximum Gasteiger partial charge on any atom is 0.257 e. The lowest BCUT2D eigenvalue weighted by molar-refractivity contribution is -0.114. The Labute approximate surface area is 132 Å². The van der Waals surface area contributed by atoms with Gasteiger partial charge < -0.3 is 4.74 Å². The van der Waals surface area contributed by atoms with Crippen molar-refractivity contribution in [3.63, 3.8) is 0 Å². The Morgan fingerprint density at radius 3 is 2.74 bits per heavy atom. The van der Waals surface area contributed by atoms with Crippen molar-refractivity contribution in [3.05, 3.63) is 60.2 Å². The second-order valence-corrected chi connectivity index (χ2v) is 6.30. The minimum atomic E-state index is -3.63. The number of carbonyl (C=O) groups excluding carboxylic acids is 1. The molecule has 0 atom stereocenters. The Bertz CT molecular complexity index is 836. The molecule has 0 saturated carbocycles. The van der Waals surface area contributed by atoms with Crippen LogP contribution in [0.3, 0.4) is 0 Å². The van der Waals surface area contributed by atoms with Gasteiger partial charge in [0.1, 0.15) is 5.75 Å². The summed E-state index contributed by atoms with van der Waals surface area (Å²) in [6, 6.07) is 7.38. The van der Waals surface area contributed by atoms with E-state index in [9.17, 15) is 17.6 Å². The Balaban J connectivity index is 2.09. The summed E-state index contributed by atoms with van der Waals surface area (Å²) in [6.45, 7) is 0. The van der Waals surface area contributed by atoms with E-state index in [1.807, 2.05) is 0 Å². The normalized spacial score (nSPS) is 11.4. The number of ether oxygens (including phenoxy) is 1. The fourth-order valence-corrected chi connectivity index (χ4v) is 2.06. The molecule has 1 aromatic heterocycles. The van der Waals surface area contributed by atoms with E-state index in [-0.39, 0.29) is 5.75 Å². The number of nitrogens with zero attached hydrogens (tertiary/aromatic N) is 1. The monoisotopic (exact) mass is 336 g/mol. The summed E-state index contributed by atoms with van der Waals surface area (Å²) in [5, 5.41) is 0. The van der Waals surface area contributed by atoms with Gasteiger partial charge in [-0.05, 0) is 35.9 Å². The van der Waals surface area contributed by atoms with Crippen LogP contribution in [0, 0.1) is 5.82 Å². The molecule has 8 heteroatoms. The molecule has 0 saturated heterocycles. The molecule has 0 bridgehead atoms. The zero-order valence-corrected chi connectivity index (χ0v) is 12.9. The van der Waals surface area contributed by atoms with E-state index >= 15 is 0 Å². The molecule has 0 spiro atoms. The Morgan fingerprint density at radius 2 is 2.13 bits per heavy atom. The number of hydrogen-bond acceptors (Lipinski definition) is 5. The molecule has 0 radical (unpaired) electrons. The lowest BCUT2D eigenvalue weighted by Gasteiger charge is -2.06. The predicted molar refractivity (Wildman–Crippen MR) is 82.7 cm³/mol. The van der Waals surface area contributed by atoms with E-state index in [0.29, 0.717) is 11.3 Å². The maximum absolute atomic E-state index is 14.0. The smallest absolute Gasteiger partial charge is 0.257 e. The number of carbonyl (C=O) groups is 1. The number of aromatic nitrogens is 1. The van der Waals surface area contributed by atoms with Crippen LogP contribution in [0.2, 0.25) is 0 Å². The summed E-state index contributed by atoms with van der Waals surface area (Å²) >= 11 is 0. The number of nitrogens with one attached hydrogen (secondary N) is 1. The van der Waals surface area contributed by atoms with Gasteiger partial charge in [-0.1, -0.05) is 6.07 Å². The van der Waals surface area contributed by atoms with Crippen molar-refractivity contribution in [3.8, 4) is 11.5 Å². The molecule has 2 aromatic rings. The van der Waals surface area contributed by atoms with Gasteiger partial charge in [-0.2, -0.15) is 0 Å². The fraction of sp³-hybridized carbons (Fsp3) is 0.0667. The molecule has 1 N–H and O–H groups in total. The van der Waals surface area contributed by atoms with Crippen molar-refractivity contribution in [2.24, 2.45) is 0 Å². The van der Waals surface area contributed by atoms with Crippen LogP contribution in [0.4, 0.5) is 4.39 Å². The topological polar surface area (TPSA) is 85.4 Å². The van der Waals surface area contributed by atoms with Crippen LogP contribution in [0.15, 0.2) is 48.8 Å². The molecule has 1 heterocycles. The second kappa shape index (κ2) is 7.01. The summed E-state index contributed by atoms with van der Waals surface area (Å²) in [6.07, 6.45) is 6.17. The zero-order valence-electron chi connectivity index (χ0n) is 12.1. The van der Waals surface area contributed by atoms with Crippen LogP contribution in [0.1, 0.15) is 5.56 Å². The SMILES string of the molecule is CS(=O)(=O)NC(=O)C=Cc1ccc(Oc2cccnc2)c(F)c1. The molecule has 1 aromatic carbocycles. The van der Waals surface area contributed by atoms with Crippen molar-refractivity contribution in [1.82, 2.24) is 9.71 Å². The van der Waals surface area contributed by atoms with E-state index in [2.05, 4.69) is 4.98 Å². The number of pyridine rings is 1. The average Bonchev–Trinajstić information content (AvgIpc) is 2.47. The van der Waals surface area contributed by atoms with Gasteiger partial charge in [-0.3, -0.25) is 9.78 Å². The molecule has 0 aliphatic carbocycles. The molecule has 0 aliphatic heterocycles. The van der Waals surface area contributed by atoms with Crippen LogP contribution in [-0.4, -0.2) is 25.6 Å². The van der Waals surface area contributed by atoms with Gasteiger partial charge in [0.15, 0.2) is 11.6 Å². The molecule has 23 heavy (non-hydrogen) atoms. The van der Waals surface area contributed by atoms with E-state index in [0.717, 1.165) is 18.4 Å². The molecular weight excluding hydrogens is 323 g/mol. The highest BCUT2D eigenvalue weighted by atomic mass is 32.2. The first-order valence-corrected chi connectivity index (χ1v) is 8.30. The van der Waals surface area contributed by atoms with Crippen molar-refractivity contribution >= 4 is 22.0 Å². The van der Waals surface area contributed by atoms with Crippen molar-refractivity contribution in [1.29, 1.82) is 0 Å². The van der Waals surface area contributed by atoms with Gasteiger partial charge >= 0.3 is 0 Å². The van der Waals surface area contributed by atoms with Gasteiger partial charge in [0.2, 0.25) is 10.0 Å². The third-order valence-electron chi connectivity index (χ3n) is 2.53. The molecule has 0 unspecified atom stereocenters.